The highest BCUT2D eigenvalue weighted by molar-refractivity contribution is 7.99. The van der Waals surface area contributed by atoms with E-state index in [9.17, 15) is 0 Å². The molecule has 1 aliphatic carbocycles. The quantitative estimate of drug-likeness (QED) is 0.901. The fourth-order valence-corrected chi connectivity index (χ4v) is 4.24. The average molecular weight is 278 g/mol. The summed E-state index contributed by atoms with van der Waals surface area (Å²) < 4.78 is 1.28. The molecular weight excluding hydrogens is 260 g/mol. The molecule has 1 aliphatic rings. The molecule has 2 aromatic rings. The van der Waals surface area contributed by atoms with Gasteiger partial charge >= 0.3 is 0 Å². The van der Waals surface area contributed by atoms with Crippen molar-refractivity contribution in [1.29, 1.82) is 0 Å². The van der Waals surface area contributed by atoms with Gasteiger partial charge in [-0.3, -0.25) is 0 Å². The molecule has 0 radical (unpaired) electrons. The molecule has 2 nitrogen and oxygen atoms in total. The van der Waals surface area contributed by atoms with E-state index in [0.717, 1.165) is 15.9 Å². The number of anilines is 1. The summed E-state index contributed by atoms with van der Waals surface area (Å²) >= 11 is 3.79. The molecule has 0 bridgehead atoms. The number of hydrogen-bond donors (Lipinski definition) is 1. The fraction of sp³-hybridized carbons (Fsp3) is 0.500. The molecule has 0 spiro atoms. The van der Waals surface area contributed by atoms with Crippen LogP contribution in [0.3, 0.4) is 0 Å². The average Bonchev–Trinajstić information content (AvgIpc) is 2.82. The molecule has 0 amide bonds. The number of rotatable bonds is 3. The first-order valence-corrected chi connectivity index (χ1v) is 8.60. The van der Waals surface area contributed by atoms with Gasteiger partial charge in [0.15, 0.2) is 5.13 Å². The van der Waals surface area contributed by atoms with E-state index in [1.165, 1.54) is 30.4 Å². The third-order valence-electron chi connectivity index (χ3n) is 3.63. The molecule has 3 rings (SSSR count). The molecule has 1 aromatic carbocycles. The number of para-hydroxylation sites is 1. The lowest BCUT2D eigenvalue weighted by Gasteiger charge is -2.27. The normalized spacial score (nSPS) is 24.3. The molecule has 1 saturated carbocycles. The van der Waals surface area contributed by atoms with Crippen LogP contribution in [0.2, 0.25) is 0 Å². The number of thioether (sulfide) groups is 1. The molecule has 96 valence electrons. The first-order valence-electron chi connectivity index (χ1n) is 6.50. The maximum Gasteiger partial charge on any atom is 0.184 e. The van der Waals surface area contributed by atoms with E-state index in [1.54, 1.807) is 11.3 Å². The predicted molar refractivity (Wildman–Crippen MR) is 82.8 cm³/mol. The second-order valence-electron chi connectivity index (χ2n) is 4.84. The standard InChI is InChI=1S/C14H18N2S2/c1-17-11-8-6-10(7-9-11)15-14-16-12-4-2-3-5-13(12)18-14/h2-5,10-11H,6-9H2,1H3,(H,15,16). The summed E-state index contributed by atoms with van der Waals surface area (Å²) in [6.45, 7) is 0. The van der Waals surface area contributed by atoms with Crippen LogP contribution in [0.5, 0.6) is 0 Å². The van der Waals surface area contributed by atoms with Crippen LogP contribution < -0.4 is 5.32 Å². The van der Waals surface area contributed by atoms with Gasteiger partial charge in [0, 0.05) is 11.3 Å². The van der Waals surface area contributed by atoms with Gasteiger partial charge in [-0.25, -0.2) is 4.98 Å². The molecule has 18 heavy (non-hydrogen) atoms. The van der Waals surface area contributed by atoms with Crippen LogP contribution >= 0.6 is 23.1 Å². The third-order valence-corrected chi connectivity index (χ3v) is 5.73. The van der Waals surface area contributed by atoms with Crippen LogP contribution in [0.25, 0.3) is 10.2 Å². The molecule has 1 N–H and O–H groups in total. The first kappa shape index (κ1) is 12.3. The highest BCUT2D eigenvalue weighted by atomic mass is 32.2. The number of hydrogen-bond acceptors (Lipinski definition) is 4. The van der Waals surface area contributed by atoms with Gasteiger partial charge in [-0.15, -0.1) is 0 Å². The van der Waals surface area contributed by atoms with Crippen molar-refractivity contribution in [1.82, 2.24) is 4.98 Å². The Morgan fingerprint density at radius 3 is 2.72 bits per heavy atom. The van der Waals surface area contributed by atoms with Crippen LogP contribution in [-0.4, -0.2) is 22.5 Å². The number of aromatic nitrogens is 1. The number of fused-ring (bicyclic) bond motifs is 1. The van der Waals surface area contributed by atoms with Crippen molar-refractivity contribution in [3.8, 4) is 0 Å². The molecule has 1 heterocycles. The van der Waals surface area contributed by atoms with Crippen LogP contribution in [-0.2, 0) is 0 Å². The highest BCUT2D eigenvalue weighted by Crippen LogP contribution is 2.31. The summed E-state index contributed by atoms with van der Waals surface area (Å²) in [4.78, 5) is 4.65. The fourth-order valence-electron chi connectivity index (χ4n) is 2.55. The van der Waals surface area contributed by atoms with E-state index in [2.05, 4.69) is 40.8 Å². The molecule has 1 aromatic heterocycles. The largest absolute Gasteiger partial charge is 0.359 e. The zero-order chi connectivity index (χ0) is 12.4. The summed E-state index contributed by atoms with van der Waals surface area (Å²) in [5.74, 6) is 0. The predicted octanol–water partition coefficient (Wildman–Crippen LogP) is 4.38. The van der Waals surface area contributed by atoms with Crippen molar-refractivity contribution in [2.24, 2.45) is 0 Å². The van der Waals surface area contributed by atoms with Gasteiger partial charge in [0.2, 0.25) is 0 Å². The van der Waals surface area contributed by atoms with E-state index in [4.69, 9.17) is 0 Å². The van der Waals surface area contributed by atoms with Gasteiger partial charge in [0.1, 0.15) is 0 Å². The zero-order valence-electron chi connectivity index (χ0n) is 10.6. The maximum absolute atomic E-state index is 4.65. The topological polar surface area (TPSA) is 24.9 Å². The Kier molecular flexibility index (Phi) is 3.75. The summed E-state index contributed by atoms with van der Waals surface area (Å²) in [7, 11) is 0. The van der Waals surface area contributed by atoms with Crippen molar-refractivity contribution in [2.75, 3.05) is 11.6 Å². The molecule has 0 saturated heterocycles. The minimum absolute atomic E-state index is 0.619. The van der Waals surface area contributed by atoms with Crippen molar-refractivity contribution < 1.29 is 0 Å². The number of benzene rings is 1. The second kappa shape index (κ2) is 5.49. The lowest BCUT2D eigenvalue weighted by atomic mass is 9.95. The van der Waals surface area contributed by atoms with Crippen molar-refractivity contribution >= 4 is 38.4 Å². The SMILES string of the molecule is CSC1CCC(Nc2nc3ccccc3s2)CC1. The van der Waals surface area contributed by atoms with Crippen LogP contribution in [0, 0.1) is 0 Å². The number of nitrogens with zero attached hydrogens (tertiary/aromatic N) is 1. The molecule has 0 unspecified atom stereocenters. The van der Waals surface area contributed by atoms with Gasteiger partial charge in [-0.05, 0) is 44.1 Å². The summed E-state index contributed by atoms with van der Waals surface area (Å²) in [5, 5.41) is 5.57. The van der Waals surface area contributed by atoms with Crippen molar-refractivity contribution in [2.45, 2.75) is 37.0 Å². The van der Waals surface area contributed by atoms with Gasteiger partial charge in [0.05, 0.1) is 10.2 Å². The first-order chi connectivity index (χ1) is 8.85. The van der Waals surface area contributed by atoms with E-state index >= 15 is 0 Å². The maximum atomic E-state index is 4.65. The molecular formula is C14H18N2S2. The number of thiazole rings is 1. The Balaban J connectivity index is 1.66. The molecule has 0 atom stereocenters. The van der Waals surface area contributed by atoms with Crippen molar-refractivity contribution in [3.05, 3.63) is 24.3 Å². The molecule has 4 heteroatoms. The zero-order valence-corrected chi connectivity index (χ0v) is 12.2. The Hall–Kier alpha value is -0.740. The summed E-state index contributed by atoms with van der Waals surface area (Å²) in [6.07, 6.45) is 7.46. The molecule has 1 fully saturated rings. The third kappa shape index (κ3) is 2.64. The van der Waals surface area contributed by atoms with E-state index in [-0.39, 0.29) is 0 Å². The van der Waals surface area contributed by atoms with Crippen LogP contribution in [0.4, 0.5) is 5.13 Å². The van der Waals surface area contributed by atoms with E-state index in [1.807, 2.05) is 11.8 Å². The Morgan fingerprint density at radius 1 is 1.22 bits per heavy atom. The lowest BCUT2D eigenvalue weighted by molar-refractivity contribution is 0.473. The Morgan fingerprint density at radius 2 is 2.00 bits per heavy atom. The Bertz CT molecular complexity index is 482. The summed E-state index contributed by atoms with van der Waals surface area (Å²) in [6, 6.07) is 8.97. The second-order valence-corrected chi connectivity index (χ2v) is 7.01. The summed E-state index contributed by atoms with van der Waals surface area (Å²) in [5.41, 5.74) is 1.11. The molecule has 0 aliphatic heterocycles. The van der Waals surface area contributed by atoms with Crippen LogP contribution in [0.1, 0.15) is 25.7 Å². The highest BCUT2D eigenvalue weighted by Gasteiger charge is 2.20. The van der Waals surface area contributed by atoms with Gasteiger partial charge < -0.3 is 5.32 Å². The smallest absolute Gasteiger partial charge is 0.184 e. The van der Waals surface area contributed by atoms with E-state index in [0.29, 0.717) is 6.04 Å². The number of nitrogens with one attached hydrogen (secondary N) is 1. The van der Waals surface area contributed by atoms with Gasteiger partial charge in [-0.2, -0.15) is 11.8 Å². The van der Waals surface area contributed by atoms with Crippen LogP contribution in [0.15, 0.2) is 24.3 Å². The lowest BCUT2D eigenvalue weighted by Crippen LogP contribution is -2.26. The minimum Gasteiger partial charge on any atom is -0.359 e. The Labute approximate surface area is 116 Å². The van der Waals surface area contributed by atoms with Gasteiger partial charge in [0.25, 0.3) is 0 Å². The van der Waals surface area contributed by atoms with Crippen molar-refractivity contribution in [3.63, 3.8) is 0 Å². The monoisotopic (exact) mass is 278 g/mol. The minimum atomic E-state index is 0.619. The van der Waals surface area contributed by atoms with E-state index < -0.39 is 0 Å². The van der Waals surface area contributed by atoms with Gasteiger partial charge in [-0.1, -0.05) is 23.5 Å².